The average molecular weight is 432 g/mol. The molecule has 2 aromatic rings. The smallest absolute Gasteiger partial charge is 0.375 e. The van der Waals surface area contributed by atoms with E-state index in [2.05, 4.69) is 15.3 Å². The van der Waals surface area contributed by atoms with Gasteiger partial charge in [-0.15, -0.1) is 11.3 Å². The molecule has 0 aliphatic rings. The van der Waals surface area contributed by atoms with E-state index in [1.54, 1.807) is 19.1 Å². The normalized spacial score (nSPS) is 13.4. The van der Waals surface area contributed by atoms with E-state index < -0.39 is 17.6 Å². The molecule has 1 atom stereocenters. The van der Waals surface area contributed by atoms with Gasteiger partial charge in [0.1, 0.15) is 16.9 Å². The first-order valence-electron chi connectivity index (χ1n) is 8.97. The second kappa shape index (κ2) is 10.0. The Labute approximate surface area is 171 Å². The van der Waals surface area contributed by atoms with Gasteiger partial charge in [0.05, 0.1) is 24.3 Å². The molecule has 5 nitrogen and oxygen atoms in total. The maximum absolute atomic E-state index is 13.3. The maximum atomic E-state index is 13.3. The molecule has 1 aromatic carbocycles. The molecular formula is C19H24F4N4OS. The van der Waals surface area contributed by atoms with E-state index in [-0.39, 0.29) is 18.2 Å². The van der Waals surface area contributed by atoms with Gasteiger partial charge in [0.25, 0.3) is 0 Å². The van der Waals surface area contributed by atoms with Crippen LogP contribution in [0.15, 0.2) is 28.6 Å². The Morgan fingerprint density at radius 1 is 1.38 bits per heavy atom. The van der Waals surface area contributed by atoms with Crippen molar-refractivity contribution in [2.75, 3.05) is 20.7 Å². The second-order valence-electron chi connectivity index (χ2n) is 6.38. The van der Waals surface area contributed by atoms with Crippen LogP contribution in [0.2, 0.25) is 0 Å². The average Bonchev–Trinajstić information content (AvgIpc) is 3.12. The third-order valence-corrected chi connectivity index (χ3v) is 5.20. The van der Waals surface area contributed by atoms with E-state index in [0.29, 0.717) is 25.1 Å². The zero-order valence-corrected chi connectivity index (χ0v) is 17.5. The number of alkyl halides is 3. The van der Waals surface area contributed by atoms with Crippen LogP contribution in [-0.2, 0) is 24.0 Å². The minimum absolute atomic E-state index is 0.0902. The van der Waals surface area contributed by atoms with Crippen LogP contribution in [0.5, 0.6) is 0 Å². The Hall–Kier alpha value is -2.20. The minimum atomic E-state index is -4.65. The van der Waals surface area contributed by atoms with Crippen LogP contribution in [0.4, 0.5) is 17.6 Å². The lowest BCUT2D eigenvalue weighted by Gasteiger charge is -2.21. The fourth-order valence-electron chi connectivity index (χ4n) is 2.58. The number of aromatic nitrogens is 1. The van der Waals surface area contributed by atoms with E-state index in [4.69, 9.17) is 4.74 Å². The fraction of sp³-hybridized carbons (Fsp3) is 0.474. The molecule has 1 unspecified atom stereocenters. The summed E-state index contributed by atoms with van der Waals surface area (Å²) >= 11 is 1.48. The lowest BCUT2D eigenvalue weighted by atomic mass is 10.1. The highest BCUT2D eigenvalue weighted by molar-refractivity contribution is 7.09. The van der Waals surface area contributed by atoms with Gasteiger partial charge in [-0.2, -0.15) is 13.2 Å². The predicted octanol–water partition coefficient (Wildman–Crippen LogP) is 4.61. The SMILES string of the molecule is CCNC(=NCc1ccc(F)cc1C(F)(F)F)N(C)Cc1csc(C(C)OC)n1. The number of aliphatic imine (C=N–C) groups is 1. The summed E-state index contributed by atoms with van der Waals surface area (Å²) in [6.45, 7) is 4.50. The summed E-state index contributed by atoms with van der Waals surface area (Å²) < 4.78 is 58.1. The highest BCUT2D eigenvalue weighted by Crippen LogP contribution is 2.33. The molecule has 0 fully saturated rings. The van der Waals surface area contributed by atoms with E-state index in [9.17, 15) is 17.6 Å². The van der Waals surface area contributed by atoms with Crippen molar-refractivity contribution >= 4 is 17.3 Å². The first-order chi connectivity index (χ1) is 13.7. The molecule has 0 aliphatic carbocycles. The largest absolute Gasteiger partial charge is 0.416 e. The van der Waals surface area contributed by atoms with Crippen molar-refractivity contribution in [2.24, 2.45) is 4.99 Å². The van der Waals surface area contributed by atoms with Gasteiger partial charge in [-0.3, -0.25) is 0 Å². The zero-order valence-electron chi connectivity index (χ0n) is 16.7. The molecule has 0 amide bonds. The lowest BCUT2D eigenvalue weighted by molar-refractivity contribution is -0.138. The molecule has 1 N–H and O–H groups in total. The number of benzene rings is 1. The summed E-state index contributed by atoms with van der Waals surface area (Å²) in [7, 11) is 3.38. The third-order valence-electron chi connectivity index (χ3n) is 4.14. The van der Waals surface area contributed by atoms with E-state index in [0.717, 1.165) is 22.8 Å². The summed E-state index contributed by atoms with van der Waals surface area (Å²) in [5.41, 5.74) is -0.301. The Bertz CT molecular complexity index is 838. The van der Waals surface area contributed by atoms with Crippen LogP contribution in [0, 0.1) is 5.82 Å². The van der Waals surface area contributed by atoms with Gasteiger partial charge in [0.15, 0.2) is 5.96 Å². The van der Waals surface area contributed by atoms with E-state index >= 15 is 0 Å². The molecule has 0 saturated carbocycles. The number of rotatable bonds is 7. The minimum Gasteiger partial charge on any atom is -0.375 e. The Kier molecular flexibility index (Phi) is 7.97. The molecule has 1 heterocycles. The Balaban J connectivity index is 2.18. The maximum Gasteiger partial charge on any atom is 0.416 e. The highest BCUT2D eigenvalue weighted by atomic mass is 32.1. The molecule has 29 heavy (non-hydrogen) atoms. The molecule has 2 rings (SSSR count). The Morgan fingerprint density at radius 3 is 2.72 bits per heavy atom. The van der Waals surface area contributed by atoms with Crippen molar-refractivity contribution in [2.45, 2.75) is 39.2 Å². The molecular weight excluding hydrogens is 408 g/mol. The number of nitrogens with zero attached hydrogens (tertiary/aromatic N) is 3. The van der Waals surface area contributed by atoms with Crippen molar-refractivity contribution in [3.05, 3.63) is 51.2 Å². The zero-order chi connectivity index (χ0) is 21.6. The molecule has 160 valence electrons. The first kappa shape index (κ1) is 23.1. The number of halogens is 4. The molecule has 0 spiro atoms. The van der Waals surface area contributed by atoms with Gasteiger partial charge in [0.2, 0.25) is 0 Å². The van der Waals surface area contributed by atoms with E-state index in [1.807, 2.05) is 19.2 Å². The third kappa shape index (κ3) is 6.40. The number of hydrogen-bond donors (Lipinski definition) is 1. The topological polar surface area (TPSA) is 49.8 Å². The molecule has 0 saturated heterocycles. The van der Waals surface area contributed by atoms with Gasteiger partial charge >= 0.3 is 6.18 Å². The quantitative estimate of drug-likeness (QED) is 0.395. The van der Waals surface area contributed by atoms with Crippen LogP contribution in [-0.4, -0.2) is 36.5 Å². The standard InChI is InChI=1S/C19H24F4N4OS/c1-5-24-18(27(3)10-15-11-29-17(26-15)12(2)28-4)25-9-13-6-7-14(20)8-16(13)19(21,22)23/h6-8,11-12H,5,9-10H2,1-4H3,(H,24,25). The van der Waals surface area contributed by atoms with Crippen molar-refractivity contribution < 1.29 is 22.3 Å². The fourth-order valence-corrected chi connectivity index (χ4v) is 3.42. The summed E-state index contributed by atoms with van der Waals surface area (Å²) in [6.07, 6.45) is -4.76. The number of hydrogen-bond acceptors (Lipinski definition) is 4. The summed E-state index contributed by atoms with van der Waals surface area (Å²) in [5.74, 6) is -0.502. The first-order valence-corrected chi connectivity index (χ1v) is 9.85. The summed E-state index contributed by atoms with van der Waals surface area (Å²) in [4.78, 5) is 10.6. The van der Waals surface area contributed by atoms with Crippen molar-refractivity contribution in [3.63, 3.8) is 0 Å². The van der Waals surface area contributed by atoms with Gasteiger partial charge in [0, 0.05) is 26.1 Å². The summed E-state index contributed by atoms with van der Waals surface area (Å²) in [6, 6.07) is 2.61. The van der Waals surface area contributed by atoms with Crippen molar-refractivity contribution in [1.82, 2.24) is 15.2 Å². The highest BCUT2D eigenvalue weighted by Gasteiger charge is 2.33. The van der Waals surface area contributed by atoms with Crippen LogP contribution in [0.1, 0.15) is 41.8 Å². The van der Waals surface area contributed by atoms with Gasteiger partial charge < -0.3 is 15.0 Å². The van der Waals surface area contributed by atoms with Crippen molar-refractivity contribution in [1.29, 1.82) is 0 Å². The monoisotopic (exact) mass is 432 g/mol. The molecule has 1 aromatic heterocycles. The van der Waals surface area contributed by atoms with Gasteiger partial charge in [-0.25, -0.2) is 14.4 Å². The predicted molar refractivity (Wildman–Crippen MR) is 105 cm³/mol. The molecule has 0 radical (unpaired) electrons. The number of ether oxygens (including phenoxy) is 1. The molecule has 10 heteroatoms. The number of thiazole rings is 1. The molecule has 0 bridgehead atoms. The van der Waals surface area contributed by atoms with Gasteiger partial charge in [-0.1, -0.05) is 6.07 Å². The summed E-state index contributed by atoms with van der Waals surface area (Å²) in [5, 5.41) is 5.81. The van der Waals surface area contributed by atoms with Gasteiger partial charge in [-0.05, 0) is 31.5 Å². The second-order valence-corrected chi connectivity index (χ2v) is 7.27. The number of methoxy groups -OCH3 is 1. The van der Waals surface area contributed by atoms with Crippen LogP contribution in [0.3, 0.4) is 0 Å². The Morgan fingerprint density at radius 2 is 2.10 bits per heavy atom. The van der Waals surface area contributed by atoms with Crippen LogP contribution < -0.4 is 5.32 Å². The van der Waals surface area contributed by atoms with Crippen LogP contribution in [0.25, 0.3) is 0 Å². The number of guanidine groups is 1. The molecule has 0 aliphatic heterocycles. The van der Waals surface area contributed by atoms with Crippen LogP contribution >= 0.6 is 11.3 Å². The lowest BCUT2D eigenvalue weighted by Crippen LogP contribution is -2.38. The van der Waals surface area contributed by atoms with Crippen molar-refractivity contribution in [3.8, 4) is 0 Å². The van der Waals surface area contributed by atoms with E-state index in [1.165, 1.54) is 11.3 Å². The number of nitrogens with one attached hydrogen (secondary N) is 1.